The van der Waals surface area contributed by atoms with E-state index in [4.69, 9.17) is 4.74 Å². The van der Waals surface area contributed by atoms with E-state index < -0.39 is 23.9 Å². The molecule has 0 amide bonds. The maximum absolute atomic E-state index is 13.6. The molecule has 1 aromatic carbocycles. The third-order valence-electron chi connectivity index (χ3n) is 3.35. The predicted octanol–water partition coefficient (Wildman–Crippen LogP) is 5.18. The van der Waals surface area contributed by atoms with Crippen LogP contribution in [0.5, 0.6) is 5.88 Å². The summed E-state index contributed by atoms with van der Waals surface area (Å²) in [4.78, 5) is 4.12. The number of hydrogen-bond acceptors (Lipinski definition) is 4. The molecule has 126 valence electrons. The lowest BCUT2D eigenvalue weighted by molar-refractivity contribution is 0.145. The molecule has 1 aliphatic rings. The summed E-state index contributed by atoms with van der Waals surface area (Å²) in [6.45, 7) is 0. The number of nitrogens with zero attached hydrogens (tertiary/aromatic N) is 1. The molecular weight excluding hydrogens is 405 g/mol. The topological polar surface area (TPSA) is 34.1 Å². The number of alkyl halides is 2. The minimum atomic E-state index is -2.89. The molecule has 0 aliphatic carbocycles. The second kappa shape index (κ2) is 7.48. The monoisotopic (exact) mass is 416 g/mol. The molecule has 0 saturated carbocycles. The zero-order valence-corrected chi connectivity index (χ0v) is 14.6. The van der Waals surface area contributed by atoms with Crippen LogP contribution in [0.4, 0.5) is 13.2 Å². The van der Waals surface area contributed by atoms with Crippen LogP contribution in [0.2, 0.25) is 0 Å². The molecule has 1 aromatic heterocycles. The van der Waals surface area contributed by atoms with Crippen LogP contribution in [-0.4, -0.2) is 10.7 Å². The summed E-state index contributed by atoms with van der Waals surface area (Å²) >= 11 is 4.79. The van der Waals surface area contributed by atoms with Crippen LogP contribution in [0.1, 0.15) is 23.7 Å². The van der Waals surface area contributed by atoms with Gasteiger partial charge in [-0.3, -0.25) is 0 Å². The van der Waals surface area contributed by atoms with E-state index in [9.17, 15) is 13.2 Å². The number of ether oxygens (including phenoxy) is 1. The number of nitrogens with one attached hydrogen (secondary N) is 1. The van der Waals surface area contributed by atoms with Gasteiger partial charge in [-0.05, 0) is 41.8 Å². The van der Waals surface area contributed by atoms with Crippen molar-refractivity contribution in [3.63, 3.8) is 0 Å². The second-order valence-corrected chi connectivity index (χ2v) is 6.71. The summed E-state index contributed by atoms with van der Waals surface area (Å²) in [7, 11) is 0. The number of rotatable bonds is 5. The molecule has 2 aromatic rings. The lowest BCUT2D eigenvalue weighted by atomic mass is 10.0. The smallest absolute Gasteiger partial charge is 0.266 e. The van der Waals surface area contributed by atoms with E-state index in [0.717, 1.165) is 22.4 Å². The van der Waals surface area contributed by atoms with Gasteiger partial charge in [0.1, 0.15) is 5.82 Å². The third-order valence-corrected chi connectivity index (χ3v) is 4.56. The SMILES string of the molecule is Fc1ccc(C(Oc2cc(Br)ccn2)C2=CCSN2)cc1C(F)F. The Morgan fingerprint density at radius 1 is 1.25 bits per heavy atom. The van der Waals surface area contributed by atoms with E-state index in [-0.39, 0.29) is 0 Å². The Balaban J connectivity index is 1.97. The van der Waals surface area contributed by atoms with Crippen molar-refractivity contribution in [1.29, 1.82) is 0 Å². The average molecular weight is 417 g/mol. The maximum Gasteiger partial charge on any atom is 0.266 e. The summed E-state index contributed by atoms with van der Waals surface area (Å²) in [5.74, 6) is 0.122. The van der Waals surface area contributed by atoms with Crippen molar-refractivity contribution >= 4 is 27.9 Å². The summed E-state index contributed by atoms with van der Waals surface area (Å²) in [5, 5.41) is 0. The Kier molecular flexibility index (Phi) is 5.35. The van der Waals surface area contributed by atoms with E-state index in [2.05, 4.69) is 25.6 Å². The Hall–Kier alpha value is -1.67. The first-order chi connectivity index (χ1) is 11.5. The molecule has 8 heteroatoms. The number of pyridine rings is 1. The van der Waals surface area contributed by atoms with E-state index in [1.165, 1.54) is 18.0 Å². The van der Waals surface area contributed by atoms with Crippen LogP contribution in [-0.2, 0) is 0 Å². The molecule has 3 nitrogen and oxygen atoms in total. The van der Waals surface area contributed by atoms with Crippen LogP contribution < -0.4 is 9.46 Å². The number of aromatic nitrogens is 1. The molecule has 0 bridgehead atoms. The Morgan fingerprint density at radius 3 is 2.75 bits per heavy atom. The fourth-order valence-electron chi connectivity index (χ4n) is 2.23. The second-order valence-electron chi connectivity index (χ2n) is 4.96. The van der Waals surface area contributed by atoms with E-state index in [1.54, 1.807) is 18.3 Å². The highest BCUT2D eigenvalue weighted by molar-refractivity contribution is 9.10. The van der Waals surface area contributed by atoms with Gasteiger partial charge in [-0.2, -0.15) is 0 Å². The molecule has 0 spiro atoms. The van der Waals surface area contributed by atoms with Crippen LogP contribution >= 0.6 is 27.9 Å². The Morgan fingerprint density at radius 2 is 2.08 bits per heavy atom. The molecule has 2 heterocycles. The average Bonchev–Trinajstić information content (AvgIpc) is 3.07. The van der Waals surface area contributed by atoms with Gasteiger partial charge in [0.05, 0.1) is 11.3 Å². The van der Waals surface area contributed by atoms with E-state index >= 15 is 0 Å². The van der Waals surface area contributed by atoms with Crippen molar-refractivity contribution in [3.8, 4) is 5.88 Å². The first-order valence-corrected chi connectivity index (χ1v) is 8.76. The largest absolute Gasteiger partial charge is 0.463 e. The molecule has 3 rings (SSSR count). The van der Waals surface area contributed by atoms with Crippen LogP contribution in [0.25, 0.3) is 0 Å². The van der Waals surface area contributed by atoms with Crippen LogP contribution in [0.3, 0.4) is 0 Å². The fraction of sp³-hybridized carbons (Fsp3) is 0.188. The van der Waals surface area contributed by atoms with Crippen molar-refractivity contribution in [2.75, 3.05) is 5.75 Å². The van der Waals surface area contributed by atoms with Gasteiger partial charge in [0.2, 0.25) is 5.88 Å². The minimum absolute atomic E-state index is 0.330. The molecule has 1 aliphatic heterocycles. The first-order valence-electron chi connectivity index (χ1n) is 6.98. The van der Waals surface area contributed by atoms with Crippen molar-refractivity contribution < 1.29 is 17.9 Å². The van der Waals surface area contributed by atoms with Gasteiger partial charge in [0.25, 0.3) is 6.43 Å². The molecule has 1 atom stereocenters. The lowest BCUT2D eigenvalue weighted by Crippen LogP contribution is -2.17. The van der Waals surface area contributed by atoms with Gasteiger partial charge in [-0.15, -0.1) is 0 Å². The molecule has 0 radical (unpaired) electrons. The normalized spacial score (nSPS) is 15.1. The van der Waals surface area contributed by atoms with Crippen molar-refractivity contribution in [2.45, 2.75) is 12.5 Å². The fourth-order valence-corrected chi connectivity index (χ4v) is 3.25. The molecule has 24 heavy (non-hydrogen) atoms. The van der Waals surface area contributed by atoms with Crippen molar-refractivity contribution in [1.82, 2.24) is 9.71 Å². The highest BCUT2D eigenvalue weighted by Gasteiger charge is 2.24. The zero-order chi connectivity index (χ0) is 17.1. The van der Waals surface area contributed by atoms with E-state index in [1.807, 2.05) is 6.08 Å². The lowest BCUT2D eigenvalue weighted by Gasteiger charge is -2.21. The number of hydrogen-bond donors (Lipinski definition) is 1. The molecule has 0 fully saturated rings. The summed E-state index contributed by atoms with van der Waals surface area (Å²) in [5.41, 5.74) is 0.498. The zero-order valence-electron chi connectivity index (χ0n) is 12.2. The highest BCUT2D eigenvalue weighted by Crippen LogP contribution is 2.33. The number of benzene rings is 1. The molecule has 1 unspecified atom stereocenters. The maximum atomic E-state index is 13.6. The summed E-state index contributed by atoms with van der Waals surface area (Å²) < 4.78 is 49.3. The summed E-state index contributed by atoms with van der Waals surface area (Å²) in [6.07, 6.45) is -0.107. The molecular formula is C16H12BrF3N2OS. The van der Waals surface area contributed by atoms with Crippen molar-refractivity contribution in [3.05, 3.63) is 69.7 Å². The quantitative estimate of drug-likeness (QED) is 0.681. The molecule has 1 N–H and O–H groups in total. The van der Waals surface area contributed by atoms with Crippen LogP contribution in [0, 0.1) is 5.82 Å². The third kappa shape index (κ3) is 3.87. The van der Waals surface area contributed by atoms with Gasteiger partial charge in [-0.1, -0.05) is 22.0 Å². The van der Waals surface area contributed by atoms with Crippen LogP contribution in [0.15, 0.2) is 52.8 Å². The standard InChI is InChI=1S/C16H12BrF3N2OS/c17-10-3-5-21-14(8-10)23-15(13-4-6-24-22-13)9-1-2-12(18)11(7-9)16(19)20/h1-5,7-8,15-16,22H,6H2. The van der Waals surface area contributed by atoms with Gasteiger partial charge in [0, 0.05) is 22.5 Å². The minimum Gasteiger partial charge on any atom is -0.463 e. The van der Waals surface area contributed by atoms with Gasteiger partial charge in [0.15, 0.2) is 6.10 Å². The highest BCUT2D eigenvalue weighted by atomic mass is 79.9. The summed E-state index contributed by atoms with van der Waals surface area (Å²) in [6, 6.07) is 7.03. The predicted molar refractivity (Wildman–Crippen MR) is 90.3 cm³/mol. The van der Waals surface area contributed by atoms with E-state index in [0.29, 0.717) is 17.1 Å². The Labute approximate surface area is 149 Å². The first kappa shape index (κ1) is 17.2. The van der Waals surface area contributed by atoms with Gasteiger partial charge < -0.3 is 9.46 Å². The number of halogens is 4. The van der Waals surface area contributed by atoms with Crippen molar-refractivity contribution in [2.24, 2.45) is 0 Å². The van der Waals surface area contributed by atoms with Gasteiger partial charge in [-0.25, -0.2) is 18.2 Å². The molecule has 0 saturated heterocycles. The van der Waals surface area contributed by atoms with Gasteiger partial charge >= 0.3 is 0 Å². The Bertz CT molecular complexity index is 773.